The molecule has 184 valence electrons. The van der Waals surface area contributed by atoms with E-state index in [2.05, 4.69) is 9.80 Å². The molecule has 2 saturated heterocycles. The lowest BCUT2D eigenvalue weighted by molar-refractivity contribution is 0.178. The summed E-state index contributed by atoms with van der Waals surface area (Å²) in [5, 5.41) is 0. The highest BCUT2D eigenvalue weighted by Gasteiger charge is 2.30. The van der Waals surface area contributed by atoms with Gasteiger partial charge in [0.05, 0.1) is 17.2 Å². The number of likely N-dealkylation sites (tertiary alicyclic amines) is 2. The van der Waals surface area contributed by atoms with Gasteiger partial charge in [-0.15, -0.1) is 11.8 Å². The van der Waals surface area contributed by atoms with E-state index in [0.717, 1.165) is 35.1 Å². The van der Waals surface area contributed by atoms with Crippen molar-refractivity contribution in [1.82, 2.24) is 9.80 Å². The van der Waals surface area contributed by atoms with Crippen LogP contribution in [-0.4, -0.2) is 75.9 Å². The van der Waals surface area contributed by atoms with Gasteiger partial charge in [0.1, 0.15) is 5.75 Å². The molecule has 0 saturated carbocycles. The van der Waals surface area contributed by atoms with Crippen LogP contribution in [0.2, 0.25) is 0 Å². The molecule has 0 radical (unpaired) electrons. The lowest BCUT2D eigenvalue weighted by Gasteiger charge is -2.30. The third-order valence-corrected chi connectivity index (χ3v) is 9.98. The molecule has 0 N–H and O–H groups in total. The topological polar surface area (TPSA) is 53.1 Å². The predicted molar refractivity (Wildman–Crippen MR) is 139 cm³/mol. The number of sulfonamides is 1. The van der Waals surface area contributed by atoms with Crippen LogP contribution in [0.15, 0.2) is 58.3 Å². The second-order valence-electron chi connectivity index (χ2n) is 9.41. The number of fused-ring (bicyclic) bond motifs is 1. The van der Waals surface area contributed by atoms with E-state index < -0.39 is 10.0 Å². The Bertz CT molecular complexity index is 1060. The fourth-order valence-electron chi connectivity index (χ4n) is 5.35. The van der Waals surface area contributed by atoms with Crippen molar-refractivity contribution in [1.29, 1.82) is 0 Å². The molecule has 5 rings (SSSR count). The Kier molecular flexibility index (Phi) is 7.68. The van der Waals surface area contributed by atoms with Crippen LogP contribution in [0.25, 0.3) is 0 Å². The molecule has 0 amide bonds. The van der Waals surface area contributed by atoms with Crippen molar-refractivity contribution in [3.05, 3.63) is 48.5 Å². The van der Waals surface area contributed by atoms with E-state index in [9.17, 15) is 8.42 Å². The van der Waals surface area contributed by atoms with Crippen LogP contribution in [0.5, 0.6) is 5.75 Å². The first-order valence-electron chi connectivity index (χ1n) is 12.6. The summed E-state index contributed by atoms with van der Waals surface area (Å²) in [6, 6.07) is 15.2. The summed E-state index contributed by atoms with van der Waals surface area (Å²) in [5.41, 5.74) is 0.725. The molecule has 6 nitrogen and oxygen atoms in total. The SMILES string of the molecule is O=S(=O)(c1ccccc1)N1CCSc2ccc(OCCCN3CCCC3CN3CCCC3)cc21. The number of ether oxygens (including phenoxy) is 1. The largest absolute Gasteiger partial charge is 0.493 e. The molecule has 8 heteroatoms. The summed E-state index contributed by atoms with van der Waals surface area (Å²) in [4.78, 5) is 6.58. The lowest BCUT2D eigenvalue weighted by Crippen LogP contribution is -2.40. The molecule has 1 unspecified atom stereocenters. The molecule has 2 fully saturated rings. The molecule has 3 aliphatic rings. The first-order valence-corrected chi connectivity index (χ1v) is 15.0. The number of rotatable bonds is 9. The molecule has 3 heterocycles. The summed E-state index contributed by atoms with van der Waals surface area (Å²) in [7, 11) is -3.59. The molecular weight excluding hydrogens is 466 g/mol. The van der Waals surface area contributed by atoms with Gasteiger partial charge >= 0.3 is 0 Å². The second kappa shape index (κ2) is 10.9. The molecule has 0 spiro atoms. The van der Waals surface area contributed by atoms with E-state index in [1.807, 2.05) is 24.3 Å². The molecule has 2 aromatic rings. The first kappa shape index (κ1) is 24.0. The predicted octanol–water partition coefficient (Wildman–Crippen LogP) is 4.32. The number of hydrogen-bond acceptors (Lipinski definition) is 6. The van der Waals surface area contributed by atoms with Gasteiger partial charge in [-0.3, -0.25) is 9.21 Å². The molecule has 0 aliphatic carbocycles. The van der Waals surface area contributed by atoms with Crippen molar-refractivity contribution in [2.45, 2.75) is 47.9 Å². The van der Waals surface area contributed by atoms with Crippen molar-refractivity contribution in [2.75, 3.05) is 55.9 Å². The summed E-state index contributed by atoms with van der Waals surface area (Å²) in [6.07, 6.45) is 6.29. The summed E-state index contributed by atoms with van der Waals surface area (Å²) >= 11 is 1.70. The van der Waals surface area contributed by atoms with Gasteiger partial charge in [0.2, 0.25) is 0 Å². The molecular formula is C26H35N3O3S2. The van der Waals surface area contributed by atoms with E-state index in [4.69, 9.17) is 4.74 Å². The fourth-order valence-corrected chi connectivity index (χ4v) is 8.00. The number of anilines is 1. The molecule has 2 aromatic carbocycles. The van der Waals surface area contributed by atoms with Gasteiger partial charge in [-0.2, -0.15) is 0 Å². The minimum Gasteiger partial charge on any atom is -0.493 e. The van der Waals surface area contributed by atoms with Crippen LogP contribution >= 0.6 is 11.8 Å². The normalized spacial score (nSPS) is 21.6. The number of hydrogen-bond donors (Lipinski definition) is 0. The van der Waals surface area contributed by atoms with Gasteiger partial charge in [-0.05, 0) is 76.0 Å². The maximum atomic E-state index is 13.3. The van der Waals surface area contributed by atoms with E-state index in [-0.39, 0.29) is 0 Å². The number of thioether (sulfide) groups is 1. The van der Waals surface area contributed by atoms with E-state index in [1.54, 1.807) is 36.0 Å². The van der Waals surface area contributed by atoms with Gasteiger partial charge in [-0.1, -0.05) is 18.2 Å². The van der Waals surface area contributed by atoms with Crippen molar-refractivity contribution in [2.24, 2.45) is 0 Å². The highest BCUT2D eigenvalue weighted by molar-refractivity contribution is 8.00. The highest BCUT2D eigenvalue weighted by Crippen LogP contribution is 2.40. The maximum Gasteiger partial charge on any atom is 0.264 e. The Labute approximate surface area is 208 Å². The minimum absolute atomic E-state index is 0.327. The molecule has 34 heavy (non-hydrogen) atoms. The van der Waals surface area contributed by atoms with Gasteiger partial charge < -0.3 is 9.64 Å². The Hall–Kier alpha value is -1.74. The van der Waals surface area contributed by atoms with Crippen LogP contribution in [0.3, 0.4) is 0 Å². The second-order valence-corrected chi connectivity index (χ2v) is 12.4. The summed E-state index contributed by atoms with van der Waals surface area (Å²) < 4.78 is 34.2. The van der Waals surface area contributed by atoms with Crippen molar-refractivity contribution < 1.29 is 13.2 Å². The fraction of sp³-hybridized carbons (Fsp3) is 0.538. The molecule has 1 atom stereocenters. The van der Waals surface area contributed by atoms with Crippen LogP contribution < -0.4 is 9.04 Å². The molecule has 3 aliphatic heterocycles. The minimum atomic E-state index is -3.59. The van der Waals surface area contributed by atoms with Crippen LogP contribution in [-0.2, 0) is 10.0 Å². The smallest absolute Gasteiger partial charge is 0.264 e. The summed E-state index contributed by atoms with van der Waals surface area (Å²) in [6.45, 7) is 7.11. The monoisotopic (exact) mass is 501 g/mol. The maximum absolute atomic E-state index is 13.3. The Morgan fingerprint density at radius 2 is 1.79 bits per heavy atom. The zero-order chi connectivity index (χ0) is 23.4. The number of benzene rings is 2. The van der Waals surface area contributed by atoms with Gasteiger partial charge in [0, 0.05) is 42.4 Å². The standard InChI is InChI=1S/C26H35N3O3S2/c30-34(31,24-9-2-1-3-10-24)29-17-19-33-26-12-11-23(20-25(26)29)32-18-7-16-28-15-6-8-22(28)21-27-13-4-5-14-27/h1-3,9-12,20,22H,4-8,13-19,21H2. The van der Waals surface area contributed by atoms with E-state index in [0.29, 0.717) is 24.1 Å². The first-order chi connectivity index (χ1) is 16.6. The van der Waals surface area contributed by atoms with Crippen molar-refractivity contribution in [3.8, 4) is 5.75 Å². The zero-order valence-electron chi connectivity index (χ0n) is 19.8. The highest BCUT2D eigenvalue weighted by atomic mass is 32.2. The summed E-state index contributed by atoms with van der Waals surface area (Å²) in [5.74, 6) is 1.48. The lowest BCUT2D eigenvalue weighted by atomic mass is 10.2. The van der Waals surface area contributed by atoms with Crippen molar-refractivity contribution in [3.63, 3.8) is 0 Å². The van der Waals surface area contributed by atoms with Gasteiger partial charge in [0.15, 0.2) is 0 Å². The Balaban J connectivity index is 1.19. The van der Waals surface area contributed by atoms with Gasteiger partial charge in [-0.25, -0.2) is 8.42 Å². The van der Waals surface area contributed by atoms with Crippen LogP contribution in [0.1, 0.15) is 32.1 Å². The van der Waals surface area contributed by atoms with Crippen molar-refractivity contribution >= 4 is 27.5 Å². The van der Waals surface area contributed by atoms with Gasteiger partial charge in [0.25, 0.3) is 10.0 Å². The average molecular weight is 502 g/mol. The average Bonchev–Trinajstić information content (AvgIpc) is 3.54. The third kappa shape index (κ3) is 5.40. The van der Waals surface area contributed by atoms with E-state index in [1.165, 1.54) is 56.2 Å². The third-order valence-electron chi connectivity index (χ3n) is 7.11. The zero-order valence-corrected chi connectivity index (χ0v) is 21.4. The Morgan fingerprint density at radius 1 is 0.971 bits per heavy atom. The van der Waals surface area contributed by atoms with Crippen LogP contribution in [0, 0.1) is 0 Å². The number of nitrogens with zero attached hydrogens (tertiary/aromatic N) is 3. The quantitative estimate of drug-likeness (QED) is 0.477. The molecule has 0 aromatic heterocycles. The molecule has 0 bridgehead atoms. The Morgan fingerprint density at radius 3 is 2.62 bits per heavy atom. The van der Waals surface area contributed by atoms with Crippen LogP contribution in [0.4, 0.5) is 5.69 Å². The van der Waals surface area contributed by atoms with E-state index >= 15 is 0 Å².